The van der Waals surface area contributed by atoms with Gasteiger partial charge in [0, 0.05) is 22.5 Å². The van der Waals surface area contributed by atoms with Crippen LogP contribution in [0.25, 0.3) is 10.9 Å². The molecule has 3 aromatic rings. The molecule has 5 nitrogen and oxygen atoms in total. The zero-order valence-corrected chi connectivity index (χ0v) is 13.4. The molecule has 23 heavy (non-hydrogen) atoms. The first-order valence-electron chi connectivity index (χ1n) is 6.91. The Morgan fingerprint density at radius 3 is 2.48 bits per heavy atom. The van der Waals surface area contributed by atoms with Crippen molar-refractivity contribution in [1.82, 2.24) is 4.98 Å². The molecule has 0 unspecified atom stereocenters. The van der Waals surface area contributed by atoms with Gasteiger partial charge in [-0.3, -0.25) is 0 Å². The fourth-order valence-electron chi connectivity index (χ4n) is 2.15. The number of pyridine rings is 1. The van der Waals surface area contributed by atoms with Crippen molar-refractivity contribution in [3.05, 3.63) is 53.6 Å². The first-order valence-corrected chi connectivity index (χ1v) is 7.28. The summed E-state index contributed by atoms with van der Waals surface area (Å²) in [6, 6.07) is 14.6. The smallest absolute Gasteiger partial charge is 0.246 e. The molecule has 3 rings (SSSR count). The van der Waals surface area contributed by atoms with Crippen molar-refractivity contribution < 1.29 is 14.3 Å². The average Bonchev–Trinajstić information content (AvgIpc) is 2.58. The number of methoxy groups -OCH3 is 2. The minimum Gasteiger partial charge on any atom is -0.493 e. The van der Waals surface area contributed by atoms with Gasteiger partial charge in [-0.1, -0.05) is 17.7 Å². The van der Waals surface area contributed by atoms with Crippen molar-refractivity contribution in [1.29, 1.82) is 0 Å². The van der Waals surface area contributed by atoms with Crippen LogP contribution in [0.15, 0.2) is 48.5 Å². The van der Waals surface area contributed by atoms with E-state index in [-0.39, 0.29) is 0 Å². The van der Waals surface area contributed by atoms with Crippen molar-refractivity contribution in [2.75, 3.05) is 19.7 Å². The lowest BCUT2D eigenvalue weighted by Gasteiger charge is -2.11. The van der Waals surface area contributed by atoms with Crippen LogP contribution in [0.5, 0.6) is 17.4 Å². The van der Waals surface area contributed by atoms with E-state index in [1.807, 2.05) is 24.3 Å². The van der Waals surface area contributed by atoms with Crippen molar-refractivity contribution in [2.24, 2.45) is 0 Å². The van der Waals surface area contributed by atoms with Gasteiger partial charge in [0.25, 0.3) is 0 Å². The molecule has 1 N–H and O–H groups in total. The Labute approximate surface area is 138 Å². The lowest BCUT2D eigenvalue weighted by Crippen LogP contribution is -2.05. The zero-order valence-electron chi connectivity index (χ0n) is 12.7. The fraction of sp³-hybridized carbons (Fsp3) is 0.118. The van der Waals surface area contributed by atoms with E-state index in [9.17, 15) is 0 Å². The number of nitrogens with zero attached hydrogens (tertiary/aromatic N) is 1. The van der Waals surface area contributed by atoms with Crippen molar-refractivity contribution in [3.63, 3.8) is 0 Å². The number of anilines is 1. The minimum atomic E-state index is 0.435. The molecule has 0 bridgehead atoms. The van der Waals surface area contributed by atoms with Crippen LogP contribution in [0.2, 0.25) is 5.02 Å². The lowest BCUT2D eigenvalue weighted by atomic mass is 10.2. The maximum absolute atomic E-state index is 5.93. The van der Waals surface area contributed by atoms with Crippen LogP contribution in [0.4, 0.5) is 5.69 Å². The van der Waals surface area contributed by atoms with Gasteiger partial charge in [0.1, 0.15) is 0 Å². The van der Waals surface area contributed by atoms with Gasteiger partial charge in [0.15, 0.2) is 11.5 Å². The number of benzene rings is 2. The topological polar surface area (TPSA) is 52.6 Å². The van der Waals surface area contributed by atoms with Gasteiger partial charge < -0.3 is 14.3 Å². The Balaban J connectivity index is 1.84. The van der Waals surface area contributed by atoms with Gasteiger partial charge in [-0.25, -0.2) is 10.5 Å². The minimum absolute atomic E-state index is 0.435. The second-order valence-corrected chi connectivity index (χ2v) is 5.20. The van der Waals surface area contributed by atoms with Gasteiger partial charge in [0.05, 0.1) is 25.4 Å². The third-order valence-electron chi connectivity index (χ3n) is 3.27. The molecule has 0 amide bonds. The third kappa shape index (κ3) is 3.40. The normalized spacial score (nSPS) is 10.4. The van der Waals surface area contributed by atoms with Crippen LogP contribution >= 0.6 is 11.6 Å². The van der Waals surface area contributed by atoms with Gasteiger partial charge in [-0.2, -0.15) is 0 Å². The van der Waals surface area contributed by atoms with E-state index in [0.29, 0.717) is 22.4 Å². The van der Waals surface area contributed by atoms with Crippen LogP contribution in [-0.2, 0) is 0 Å². The molecule has 0 spiro atoms. The van der Waals surface area contributed by atoms with Crippen molar-refractivity contribution in [3.8, 4) is 17.4 Å². The van der Waals surface area contributed by atoms with Crippen LogP contribution in [-0.4, -0.2) is 19.2 Å². The molecule has 0 saturated heterocycles. The molecule has 118 valence electrons. The highest BCUT2D eigenvalue weighted by Gasteiger charge is 2.08. The molecule has 0 atom stereocenters. The number of halogens is 1. The number of nitrogens with one attached hydrogen (secondary N) is 1. The van der Waals surface area contributed by atoms with Crippen LogP contribution in [0, 0.1) is 0 Å². The van der Waals surface area contributed by atoms with Crippen LogP contribution < -0.4 is 19.8 Å². The summed E-state index contributed by atoms with van der Waals surface area (Å²) >= 11 is 5.93. The number of ether oxygens (including phenoxy) is 2. The van der Waals surface area contributed by atoms with E-state index in [4.69, 9.17) is 25.9 Å². The van der Waals surface area contributed by atoms with E-state index < -0.39 is 0 Å². The van der Waals surface area contributed by atoms with Crippen molar-refractivity contribution >= 4 is 28.2 Å². The number of hydrogen-bond acceptors (Lipinski definition) is 5. The Kier molecular flexibility index (Phi) is 4.39. The van der Waals surface area contributed by atoms with E-state index in [2.05, 4.69) is 10.5 Å². The standard InChI is InChI=1S/C17H15ClN2O3/c1-21-15-8-11-6-7-17(19-14(11)10-16(15)22-2)23-20-13-5-3-4-12(18)9-13/h3-10,20H,1-2H3. The third-order valence-corrected chi connectivity index (χ3v) is 3.50. The molecule has 6 heteroatoms. The Hall–Kier alpha value is -2.66. The maximum Gasteiger partial charge on any atom is 0.246 e. The van der Waals surface area contributed by atoms with Gasteiger partial charge in [-0.05, 0) is 30.3 Å². The maximum atomic E-state index is 5.93. The van der Waals surface area contributed by atoms with Crippen LogP contribution in [0.3, 0.4) is 0 Å². The highest BCUT2D eigenvalue weighted by molar-refractivity contribution is 6.30. The number of aromatic nitrogens is 1. The van der Waals surface area contributed by atoms with E-state index >= 15 is 0 Å². The van der Waals surface area contributed by atoms with Gasteiger partial charge >= 0.3 is 0 Å². The monoisotopic (exact) mass is 330 g/mol. The molecule has 1 aromatic heterocycles. The summed E-state index contributed by atoms with van der Waals surface area (Å²) in [7, 11) is 3.19. The molecule has 0 aliphatic rings. The quantitative estimate of drug-likeness (QED) is 0.706. The summed E-state index contributed by atoms with van der Waals surface area (Å²) in [5, 5.41) is 1.56. The number of rotatable bonds is 5. The summed E-state index contributed by atoms with van der Waals surface area (Å²) < 4.78 is 10.6. The number of hydrogen-bond donors (Lipinski definition) is 1. The Morgan fingerprint density at radius 1 is 0.957 bits per heavy atom. The predicted octanol–water partition coefficient (Wildman–Crippen LogP) is 4.31. The van der Waals surface area contributed by atoms with Crippen LogP contribution in [0.1, 0.15) is 0 Å². The molecule has 0 radical (unpaired) electrons. The molecular weight excluding hydrogens is 316 g/mol. The highest BCUT2D eigenvalue weighted by atomic mass is 35.5. The summed E-state index contributed by atoms with van der Waals surface area (Å²) in [5.74, 6) is 1.71. The second kappa shape index (κ2) is 6.62. The Bertz CT molecular complexity index is 839. The SMILES string of the molecule is COc1cc2ccc(ONc3cccc(Cl)c3)nc2cc1OC. The molecule has 0 fully saturated rings. The van der Waals surface area contributed by atoms with E-state index in [1.165, 1.54) is 0 Å². The largest absolute Gasteiger partial charge is 0.493 e. The fourth-order valence-corrected chi connectivity index (χ4v) is 2.34. The molecule has 0 saturated carbocycles. The summed E-state index contributed by atoms with van der Waals surface area (Å²) in [6.45, 7) is 0. The molecular formula is C17H15ClN2O3. The highest BCUT2D eigenvalue weighted by Crippen LogP contribution is 2.32. The first kappa shape index (κ1) is 15.2. The average molecular weight is 331 g/mol. The van der Waals surface area contributed by atoms with Gasteiger partial charge in [0.2, 0.25) is 5.88 Å². The zero-order chi connectivity index (χ0) is 16.2. The molecule has 2 aromatic carbocycles. The van der Waals surface area contributed by atoms with Crippen molar-refractivity contribution in [2.45, 2.75) is 0 Å². The predicted molar refractivity (Wildman–Crippen MR) is 90.5 cm³/mol. The summed E-state index contributed by atoms with van der Waals surface area (Å²) in [5.41, 5.74) is 4.30. The van der Waals surface area contributed by atoms with E-state index in [0.717, 1.165) is 16.6 Å². The van der Waals surface area contributed by atoms with E-state index in [1.54, 1.807) is 38.5 Å². The summed E-state index contributed by atoms with van der Waals surface area (Å²) in [6.07, 6.45) is 0. The first-order chi connectivity index (χ1) is 11.2. The second-order valence-electron chi connectivity index (χ2n) is 4.76. The molecule has 0 aliphatic carbocycles. The van der Waals surface area contributed by atoms with Gasteiger partial charge in [-0.15, -0.1) is 0 Å². The molecule has 1 heterocycles. The Morgan fingerprint density at radius 2 is 1.74 bits per heavy atom. The number of fused-ring (bicyclic) bond motifs is 1. The lowest BCUT2D eigenvalue weighted by molar-refractivity contribution is 0.355. The molecule has 0 aliphatic heterocycles. The summed E-state index contributed by atoms with van der Waals surface area (Å²) in [4.78, 5) is 9.94.